The number of hydrogen-bond acceptors (Lipinski definition) is 4. The van der Waals surface area contributed by atoms with Crippen LogP contribution in [0.15, 0.2) is 45.8 Å². The maximum atomic E-state index is 12.7. The van der Waals surface area contributed by atoms with E-state index in [0.29, 0.717) is 11.7 Å². The third kappa shape index (κ3) is 3.24. The number of rotatable bonds is 4. The fourth-order valence-corrected chi connectivity index (χ4v) is 2.82. The Kier molecular flexibility index (Phi) is 3.55. The summed E-state index contributed by atoms with van der Waals surface area (Å²) < 4.78 is 48.9. The van der Waals surface area contributed by atoms with Crippen LogP contribution in [0.25, 0.3) is 10.9 Å². The number of pyridine rings is 1. The van der Waals surface area contributed by atoms with E-state index >= 15 is 0 Å². The molecule has 0 saturated heterocycles. The quantitative estimate of drug-likeness (QED) is 0.718. The number of nitrogens with zero attached hydrogens (tertiary/aromatic N) is 2. The predicted octanol–water partition coefficient (Wildman–Crippen LogP) is 3.81. The molecule has 0 N–H and O–H groups in total. The zero-order valence-electron chi connectivity index (χ0n) is 12.9. The van der Waals surface area contributed by atoms with Crippen LogP contribution in [0, 0.1) is 0 Å². The van der Waals surface area contributed by atoms with Crippen LogP contribution in [-0.2, 0) is 6.54 Å². The van der Waals surface area contributed by atoms with E-state index < -0.39 is 12.1 Å². The van der Waals surface area contributed by atoms with Crippen LogP contribution in [0.3, 0.4) is 0 Å². The highest BCUT2D eigenvalue weighted by atomic mass is 19.4. The van der Waals surface area contributed by atoms with Gasteiger partial charge in [0.2, 0.25) is 0 Å². The third-order valence-corrected chi connectivity index (χ3v) is 4.08. The molecule has 4 rings (SSSR count). The van der Waals surface area contributed by atoms with Crippen molar-refractivity contribution in [3.63, 3.8) is 0 Å². The number of aromatic nitrogens is 2. The van der Waals surface area contributed by atoms with E-state index in [9.17, 15) is 18.0 Å². The van der Waals surface area contributed by atoms with E-state index in [1.54, 1.807) is 6.07 Å². The molecule has 25 heavy (non-hydrogen) atoms. The second-order valence-electron chi connectivity index (χ2n) is 6.00. The normalized spacial score (nSPS) is 14.8. The second kappa shape index (κ2) is 5.65. The molecule has 130 valence electrons. The first kappa shape index (κ1) is 15.7. The van der Waals surface area contributed by atoms with Gasteiger partial charge < -0.3 is 13.8 Å². The van der Waals surface area contributed by atoms with Gasteiger partial charge in [0.1, 0.15) is 0 Å². The summed E-state index contributed by atoms with van der Waals surface area (Å²) in [6, 6.07) is 7.11. The summed E-state index contributed by atoms with van der Waals surface area (Å²) in [4.78, 5) is 12.0. The lowest BCUT2D eigenvalue weighted by Gasteiger charge is -2.15. The van der Waals surface area contributed by atoms with E-state index in [1.807, 2.05) is 0 Å². The average molecular weight is 350 g/mol. The molecule has 1 aliphatic rings. The fraction of sp³-hybridized carbons (Fsp3) is 0.294. The van der Waals surface area contributed by atoms with Crippen molar-refractivity contribution >= 4 is 10.9 Å². The van der Waals surface area contributed by atoms with Crippen molar-refractivity contribution < 1.29 is 22.4 Å². The Labute approximate surface area is 139 Å². The largest absolute Gasteiger partial charge is 0.573 e. The molecule has 2 heterocycles. The number of hydrogen-bond donors (Lipinski definition) is 0. The number of alkyl halides is 3. The van der Waals surface area contributed by atoms with E-state index in [-0.39, 0.29) is 22.9 Å². The van der Waals surface area contributed by atoms with Gasteiger partial charge in [-0.3, -0.25) is 4.79 Å². The summed E-state index contributed by atoms with van der Waals surface area (Å²) in [5, 5.41) is 4.14. The fourth-order valence-electron chi connectivity index (χ4n) is 2.82. The van der Waals surface area contributed by atoms with Crippen molar-refractivity contribution in [2.24, 2.45) is 0 Å². The number of halogens is 3. The zero-order valence-corrected chi connectivity index (χ0v) is 12.9. The number of fused-ring (bicyclic) bond motifs is 1. The summed E-state index contributed by atoms with van der Waals surface area (Å²) in [6.45, 7) is 0.148. The Morgan fingerprint density at radius 1 is 1.28 bits per heavy atom. The first-order valence-corrected chi connectivity index (χ1v) is 7.74. The average Bonchev–Trinajstić information content (AvgIpc) is 3.29. The molecule has 0 bridgehead atoms. The first-order valence-electron chi connectivity index (χ1n) is 7.74. The smallest absolute Gasteiger partial charge is 0.404 e. The number of para-hydroxylation sites is 1. The lowest BCUT2D eigenvalue weighted by Crippen LogP contribution is -2.19. The monoisotopic (exact) mass is 350 g/mol. The Balaban J connectivity index is 1.78. The van der Waals surface area contributed by atoms with E-state index in [0.717, 1.165) is 18.5 Å². The van der Waals surface area contributed by atoms with Gasteiger partial charge in [-0.25, -0.2) is 0 Å². The highest BCUT2D eigenvalue weighted by molar-refractivity contribution is 5.84. The highest BCUT2D eigenvalue weighted by Crippen LogP contribution is 2.39. The summed E-state index contributed by atoms with van der Waals surface area (Å²) in [5.74, 6) is 0.491. The van der Waals surface area contributed by atoms with Crippen molar-refractivity contribution in [2.45, 2.75) is 31.7 Å². The lowest BCUT2D eigenvalue weighted by molar-refractivity contribution is -0.274. The van der Waals surface area contributed by atoms with Gasteiger partial charge >= 0.3 is 6.36 Å². The van der Waals surface area contributed by atoms with Crippen LogP contribution >= 0.6 is 0 Å². The molecule has 0 amide bonds. The van der Waals surface area contributed by atoms with Gasteiger partial charge in [0.25, 0.3) is 0 Å². The lowest BCUT2D eigenvalue weighted by atomic mass is 10.2. The van der Waals surface area contributed by atoms with Crippen molar-refractivity contribution in [1.29, 1.82) is 0 Å². The van der Waals surface area contributed by atoms with E-state index in [4.69, 9.17) is 4.52 Å². The van der Waals surface area contributed by atoms with Crippen LogP contribution in [0.1, 0.15) is 30.2 Å². The second-order valence-corrected chi connectivity index (χ2v) is 6.00. The van der Waals surface area contributed by atoms with Crippen LogP contribution < -0.4 is 10.2 Å². The SMILES string of the molecule is O=c1ccn(Cc2cc(C3CC3)no2)c2c(OC(F)(F)F)cccc12. The summed E-state index contributed by atoms with van der Waals surface area (Å²) in [5.41, 5.74) is 0.541. The molecule has 0 aliphatic heterocycles. The number of ether oxygens (including phenoxy) is 1. The van der Waals surface area contributed by atoms with Crippen molar-refractivity contribution in [3.05, 3.63) is 58.2 Å². The zero-order chi connectivity index (χ0) is 17.6. The van der Waals surface area contributed by atoms with Gasteiger partial charge in [-0.2, -0.15) is 0 Å². The maximum absolute atomic E-state index is 12.7. The van der Waals surface area contributed by atoms with Gasteiger partial charge in [-0.15, -0.1) is 13.2 Å². The molecule has 0 atom stereocenters. The first-order chi connectivity index (χ1) is 11.9. The third-order valence-electron chi connectivity index (χ3n) is 4.08. The number of benzene rings is 1. The summed E-state index contributed by atoms with van der Waals surface area (Å²) in [6.07, 6.45) is -1.30. The van der Waals surface area contributed by atoms with Crippen LogP contribution in [-0.4, -0.2) is 16.1 Å². The minimum absolute atomic E-state index is 0.0664. The minimum Gasteiger partial charge on any atom is -0.404 e. The predicted molar refractivity (Wildman–Crippen MR) is 82.5 cm³/mol. The topological polar surface area (TPSA) is 57.3 Å². The minimum atomic E-state index is -4.85. The van der Waals surface area contributed by atoms with Crippen LogP contribution in [0.2, 0.25) is 0 Å². The molecule has 0 radical (unpaired) electrons. The molecule has 1 saturated carbocycles. The van der Waals surface area contributed by atoms with Gasteiger partial charge in [-0.1, -0.05) is 11.2 Å². The molecular formula is C17H13F3N2O3. The van der Waals surface area contributed by atoms with E-state index in [2.05, 4.69) is 9.89 Å². The van der Waals surface area contributed by atoms with Gasteiger partial charge in [-0.05, 0) is 25.0 Å². The molecule has 2 aromatic heterocycles. The molecule has 1 aromatic carbocycles. The standard InChI is InChI=1S/C17H13F3N2O3/c18-17(19,20)24-15-3-1-2-12-14(23)6-7-22(16(12)15)9-11-8-13(21-25-11)10-4-5-10/h1-3,6-8,10H,4-5,9H2. The Morgan fingerprint density at radius 3 is 2.80 bits per heavy atom. The molecular weight excluding hydrogens is 337 g/mol. The molecule has 5 nitrogen and oxygen atoms in total. The van der Waals surface area contributed by atoms with Crippen molar-refractivity contribution in [3.8, 4) is 5.75 Å². The van der Waals surface area contributed by atoms with Gasteiger partial charge in [0.15, 0.2) is 16.9 Å². The Morgan fingerprint density at radius 2 is 2.08 bits per heavy atom. The maximum Gasteiger partial charge on any atom is 0.573 e. The molecule has 1 fully saturated rings. The highest BCUT2D eigenvalue weighted by Gasteiger charge is 2.32. The summed E-state index contributed by atoms with van der Waals surface area (Å²) >= 11 is 0. The molecule has 1 aliphatic carbocycles. The molecule has 0 spiro atoms. The van der Waals surface area contributed by atoms with Crippen molar-refractivity contribution in [1.82, 2.24) is 9.72 Å². The molecule has 0 unspecified atom stereocenters. The van der Waals surface area contributed by atoms with Crippen LogP contribution in [0.4, 0.5) is 13.2 Å². The Hall–Kier alpha value is -2.77. The van der Waals surface area contributed by atoms with Crippen LogP contribution in [0.5, 0.6) is 5.75 Å². The summed E-state index contributed by atoms with van der Waals surface area (Å²) in [7, 11) is 0. The van der Waals surface area contributed by atoms with Gasteiger partial charge in [0, 0.05) is 29.6 Å². The molecule has 8 heteroatoms. The molecule has 3 aromatic rings. The van der Waals surface area contributed by atoms with E-state index in [1.165, 1.54) is 35.0 Å². The van der Waals surface area contributed by atoms with Crippen molar-refractivity contribution in [2.75, 3.05) is 0 Å². The Bertz CT molecular complexity index is 987. The van der Waals surface area contributed by atoms with Gasteiger partial charge in [0.05, 0.1) is 17.8 Å².